The molecular weight excluding hydrogens is 213 g/mol. The summed E-state index contributed by atoms with van der Waals surface area (Å²) in [4.78, 5) is 0. The Labute approximate surface area is 99.6 Å². The zero-order valence-electron chi connectivity index (χ0n) is 9.23. The Morgan fingerprint density at radius 2 is 1.71 bits per heavy atom. The smallest absolute Gasteiger partial charge is 0.123 e. The van der Waals surface area contributed by atoms with Crippen molar-refractivity contribution in [2.75, 3.05) is 0 Å². The first-order valence-corrected chi connectivity index (χ1v) is 5.61. The largest absolute Gasteiger partial charge is 0.380 e. The number of hydrogen-bond acceptors (Lipinski definition) is 1. The minimum absolute atomic E-state index is 0.108. The third kappa shape index (κ3) is 1.82. The van der Waals surface area contributed by atoms with Crippen molar-refractivity contribution in [2.24, 2.45) is 0 Å². The Bertz CT molecular complexity index is 557. The molecule has 0 fully saturated rings. The molecule has 17 heavy (non-hydrogen) atoms. The van der Waals surface area contributed by atoms with Gasteiger partial charge in [-0.1, -0.05) is 36.4 Å². The minimum atomic E-state index is -0.201. The van der Waals surface area contributed by atoms with Crippen LogP contribution in [0.4, 0.5) is 4.39 Å². The second-order valence-corrected chi connectivity index (χ2v) is 4.11. The zero-order chi connectivity index (χ0) is 11.7. The van der Waals surface area contributed by atoms with Crippen molar-refractivity contribution in [3.05, 3.63) is 77.2 Å². The van der Waals surface area contributed by atoms with Gasteiger partial charge < -0.3 is 5.32 Å². The molecule has 0 aromatic heterocycles. The number of halogens is 1. The van der Waals surface area contributed by atoms with Gasteiger partial charge in [-0.3, -0.25) is 0 Å². The summed E-state index contributed by atoms with van der Waals surface area (Å²) in [6.07, 6.45) is 3.99. The van der Waals surface area contributed by atoms with E-state index in [2.05, 4.69) is 23.5 Å². The lowest BCUT2D eigenvalue weighted by molar-refractivity contribution is 0.624. The Morgan fingerprint density at radius 1 is 0.941 bits per heavy atom. The summed E-state index contributed by atoms with van der Waals surface area (Å²) >= 11 is 0. The van der Waals surface area contributed by atoms with E-state index in [4.69, 9.17) is 0 Å². The van der Waals surface area contributed by atoms with E-state index in [1.807, 2.05) is 30.5 Å². The lowest BCUT2D eigenvalue weighted by Gasteiger charge is -2.24. The van der Waals surface area contributed by atoms with Gasteiger partial charge in [-0.2, -0.15) is 0 Å². The van der Waals surface area contributed by atoms with Crippen molar-refractivity contribution < 1.29 is 4.39 Å². The summed E-state index contributed by atoms with van der Waals surface area (Å²) in [5.41, 5.74) is 3.50. The first-order valence-electron chi connectivity index (χ1n) is 5.61. The second kappa shape index (κ2) is 4.06. The quantitative estimate of drug-likeness (QED) is 0.783. The normalized spacial score (nSPS) is 17.4. The number of rotatable bonds is 1. The van der Waals surface area contributed by atoms with Gasteiger partial charge in [-0.15, -0.1) is 0 Å². The maximum absolute atomic E-state index is 12.9. The van der Waals surface area contributed by atoms with Crippen LogP contribution in [-0.4, -0.2) is 0 Å². The van der Waals surface area contributed by atoms with Crippen LogP contribution in [0.3, 0.4) is 0 Å². The highest BCUT2D eigenvalue weighted by Gasteiger charge is 2.17. The van der Waals surface area contributed by atoms with Crippen LogP contribution in [0.15, 0.2) is 54.7 Å². The zero-order valence-corrected chi connectivity index (χ0v) is 9.23. The van der Waals surface area contributed by atoms with Crippen LogP contribution in [0.5, 0.6) is 0 Å². The predicted molar refractivity (Wildman–Crippen MR) is 66.9 cm³/mol. The van der Waals surface area contributed by atoms with Gasteiger partial charge in [0.1, 0.15) is 5.82 Å². The van der Waals surface area contributed by atoms with E-state index in [9.17, 15) is 4.39 Å². The SMILES string of the molecule is Fc1ccc(C2NC=Cc3ccccc32)cc1. The van der Waals surface area contributed by atoms with Crippen LogP contribution in [0.1, 0.15) is 22.7 Å². The molecule has 1 N–H and O–H groups in total. The Balaban J connectivity index is 2.05. The van der Waals surface area contributed by atoms with Gasteiger partial charge in [0.2, 0.25) is 0 Å². The highest BCUT2D eigenvalue weighted by molar-refractivity contribution is 5.58. The Kier molecular flexibility index (Phi) is 2.41. The van der Waals surface area contributed by atoms with Crippen LogP contribution in [0.2, 0.25) is 0 Å². The first kappa shape index (κ1) is 10.1. The van der Waals surface area contributed by atoms with Crippen molar-refractivity contribution in [1.82, 2.24) is 5.32 Å². The molecule has 1 nitrogen and oxygen atoms in total. The molecule has 0 spiro atoms. The van der Waals surface area contributed by atoms with Gasteiger partial charge in [0.15, 0.2) is 0 Å². The second-order valence-electron chi connectivity index (χ2n) is 4.11. The summed E-state index contributed by atoms with van der Waals surface area (Å²) in [7, 11) is 0. The monoisotopic (exact) mass is 225 g/mol. The molecule has 0 bridgehead atoms. The molecule has 0 radical (unpaired) electrons. The van der Waals surface area contributed by atoms with E-state index in [0.29, 0.717) is 0 Å². The van der Waals surface area contributed by atoms with Crippen LogP contribution < -0.4 is 5.32 Å². The molecule has 1 aliphatic heterocycles. The van der Waals surface area contributed by atoms with Crippen LogP contribution in [0, 0.1) is 5.82 Å². The number of hydrogen-bond donors (Lipinski definition) is 1. The summed E-state index contributed by atoms with van der Waals surface area (Å²) in [6.45, 7) is 0. The summed E-state index contributed by atoms with van der Waals surface area (Å²) < 4.78 is 12.9. The fourth-order valence-electron chi connectivity index (χ4n) is 2.18. The molecular formula is C15H12FN. The maximum atomic E-state index is 12.9. The highest BCUT2D eigenvalue weighted by Crippen LogP contribution is 2.28. The average Bonchev–Trinajstić information content (AvgIpc) is 2.39. The molecule has 0 saturated heterocycles. The van der Waals surface area contributed by atoms with Crippen LogP contribution in [-0.2, 0) is 0 Å². The van der Waals surface area contributed by atoms with Crippen molar-refractivity contribution in [1.29, 1.82) is 0 Å². The topological polar surface area (TPSA) is 12.0 Å². The number of fused-ring (bicyclic) bond motifs is 1. The van der Waals surface area contributed by atoms with Gasteiger partial charge in [0, 0.05) is 0 Å². The molecule has 2 aromatic rings. The van der Waals surface area contributed by atoms with Gasteiger partial charge >= 0.3 is 0 Å². The third-order valence-corrected chi connectivity index (χ3v) is 3.04. The van der Waals surface area contributed by atoms with Crippen LogP contribution in [0.25, 0.3) is 6.08 Å². The summed E-state index contributed by atoms with van der Waals surface area (Å²) in [5, 5.41) is 3.31. The Morgan fingerprint density at radius 3 is 2.53 bits per heavy atom. The van der Waals surface area contributed by atoms with Crippen molar-refractivity contribution in [2.45, 2.75) is 6.04 Å². The van der Waals surface area contributed by atoms with Gasteiger partial charge in [-0.25, -0.2) is 4.39 Å². The molecule has 1 heterocycles. The van der Waals surface area contributed by atoms with E-state index < -0.39 is 0 Å². The molecule has 0 aliphatic carbocycles. The fraction of sp³-hybridized carbons (Fsp3) is 0.0667. The Hall–Kier alpha value is -2.09. The number of benzene rings is 2. The lowest BCUT2D eigenvalue weighted by atomic mass is 9.92. The molecule has 84 valence electrons. The molecule has 1 unspecified atom stereocenters. The number of nitrogens with one attached hydrogen (secondary N) is 1. The fourth-order valence-corrected chi connectivity index (χ4v) is 2.18. The third-order valence-electron chi connectivity index (χ3n) is 3.04. The molecule has 0 saturated carbocycles. The predicted octanol–water partition coefficient (Wildman–Crippen LogP) is 3.49. The molecule has 0 amide bonds. The van der Waals surface area contributed by atoms with Gasteiger partial charge in [-0.05, 0) is 41.1 Å². The first-order chi connectivity index (χ1) is 8.34. The summed E-state index contributed by atoms with van der Waals surface area (Å²) in [5.74, 6) is -0.201. The van der Waals surface area contributed by atoms with Gasteiger partial charge in [0.25, 0.3) is 0 Å². The van der Waals surface area contributed by atoms with E-state index in [1.54, 1.807) is 0 Å². The maximum Gasteiger partial charge on any atom is 0.123 e. The van der Waals surface area contributed by atoms with Crippen molar-refractivity contribution in [3.8, 4) is 0 Å². The highest BCUT2D eigenvalue weighted by atomic mass is 19.1. The van der Waals surface area contributed by atoms with Gasteiger partial charge in [0.05, 0.1) is 6.04 Å². The van der Waals surface area contributed by atoms with Crippen LogP contribution >= 0.6 is 0 Å². The van der Waals surface area contributed by atoms with E-state index >= 15 is 0 Å². The molecule has 3 rings (SSSR count). The standard InChI is InChI=1S/C15H12FN/c16-13-7-5-12(6-8-13)15-14-4-2-1-3-11(14)9-10-17-15/h1-10,15,17H. The van der Waals surface area contributed by atoms with E-state index in [1.165, 1.54) is 23.3 Å². The average molecular weight is 225 g/mol. The summed E-state index contributed by atoms with van der Waals surface area (Å²) in [6, 6.07) is 15.0. The van der Waals surface area contributed by atoms with E-state index in [0.717, 1.165) is 5.56 Å². The molecule has 1 atom stereocenters. The molecule has 1 aliphatic rings. The van der Waals surface area contributed by atoms with E-state index in [-0.39, 0.29) is 11.9 Å². The molecule has 2 heteroatoms. The molecule has 2 aromatic carbocycles. The lowest BCUT2D eigenvalue weighted by Crippen LogP contribution is -2.20. The minimum Gasteiger partial charge on any atom is -0.380 e. The van der Waals surface area contributed by atoms with Crippen molar-refractivity contribution >= 4 is 6.08 Å². The van der Waals surface area contributed by atoms with Crippen molar-refractivity contribution in [3.63, 3.8) is 0 Å².